The number of hydrogen-bond acceptors (Lipinski definition) is 6. The van der Waals surface area contributed by atoms with E-state index in [2.05, 4.69) is 10.6 Å². The smallest absolute Gasteiger partial charge is 0.313 e. The summed E-state index contributed by atoms with van der Waals surface area (Å²) in [6, 6.07) is 15.2. The maximum atomic E-state index is 12.0. The lowest BCUT2D eigenvalue weighted by Gasteiger charge is -2.07. The Morgan fingerprint density at radius 2 is 1.96 bits per heavy atom. The molecule has 3 N–H and O–H groups in total. The third kappa shape index (κ3) is 4.41. The Bertz CT molecular complexity index is 989. The van der Waals surface area contributed by atoms with Gasteiger partial charge in [-0.05, 0) is 36.4 Å². The van der Waals surface area contributed by atoms with Crippen LogP contribution in [0.1, 0.15) is 27.2 Å². The van der Waals surface area contributed by atoms with Gasteiger partial charge in [0.05, 0.1) is 24.1 Å². The van der Waals surface area contributed by atoms with Crippen molar-refractivity contribution in [3.05, 3.63) is 75.9 Å². The van der Waals surface area contributed by atoms with Crippen molar-refractivity contribution in [1.82, 2.24) is 5.32 Å². The van der Waals surface area contributed by atoms with E-state index in [1.165, 1.54) is 17.6 Å². The summed E-state index contributed by atoms with van der Waals surface area (Å²) < 4.78 is 5.18. The highest BCUT2D eigenvalue weighted by Crippen LogP contribution is 2.28. The SMILES string of the molecule is N#Cc1ccccc1NC(=O)C(=O)NCc1ccc([C@H](O)c2ccco2)s1. The number of anilines is 1. The summed E-state index contributed by atoms with van der Waals surface area (Å²) in [7, 11) is 0. The highest BCUT2D eigenvalue weighted by atomic mass is 32.1. The van der Waals surface area contributed by atoms with Crippen molar-refractivity contribution in [2.45, 2.75) is 12.6 Å². The van der Waals surface area contributed by atoms with Crippen LogP contribution in [0, 0.1) is 11.3 Å². The van der Waals surface area contributed by atoms with Gasteiger partial charge in [0.2, 0.25) is 0 Å². The third-order valence-corrected chi connectivity index (χ3v) is 4.83. The van der Waals surface area contributed by atoms with Gasteiger partial charge in [-0.25, -0.2) is 0 Å². The van der Waals surface area contributed by atoms with Crippen LogP contribution in [0.3, 0.4) is 0 Å². The van der Waals surface area contributed by atoms with E-state index in [9.17, 15) is 14.7 Å². The Kier molecular flexibility index (Phi) is 5.66. The molecule has 1 atom stereocenters. The molecule has 8 heteroatoms. The molecular formula is C19H15N3O4S. The van der Waals surface area contributed by atoms with Gasteiger partial charge in [0.1, 0.15) is 17.9 Å². The molecule has 0 radical (unpaired) electrons. The molecule has 0 unspecified atom stereocenters. The van der Waals surface area contributed by atoms with E-state index in [-0.39, 0.29) is 17.8 Å². The highest BCUT2D eigenvalue weighted by Gasteiger charge is 2.18. The topological polar surface area (TPSA) is 115 Å². The minimum absolute atomic E-state index is 0.141. The second-order valence-electron chi connectivity index (χ2n) is 5.52. The summed E-state index contributed by atoms with van der Waals surface area (Å²) in [5.74, 6) is -1.24. The Morgan fingerprint density at radius 3 is 2.70 bits per heavy atom. The van der Waals surface area contributed by atoms with Crippen LogP contribution in [0.15, 0.2) is 59.2 Å². The largest absolute Gasteiger partial charge is 0.466 e. The second-order valence-corrected chi connectivity index (χ2v) is 6.72. The van der Waals surface area contributed by atoms with E-state index in [0.29, 0.717) is 10.6 Å². The number of benzene rings is 1. The van der Waals surface area contributed by atoms with Gasteiger partial charge in [0, 0.05) is 9.75 Å². The third-order valence-electron chi connectivity index (χ3n) is 3.69. The molecule has 0 spiro atoms. The molecule has 2 aromatic heterocycles. The number of aliphatic hydroxyl groups is 1. The standard InChI is InChI=1S/C19H15N3O4S/c20-10-12-4-1-2-5-14(12)22-19(25)18(24)21-11-13-7-8-16(27-13)17(23)15-6-3-9-26-15/h1-9,17,23H,11H2,(H,21,24)(H,22,25)/t17-/m1/s1. The molecule has 0 saturated carbocycles. The minimum atomic E-state index is -0.875. The van der Waals surface area contributed by atoms with Crippen LogP contribution in [0.5, 0.6) is 0 Å². The molecule has 0 bridgehead atoms. The maximum absolute atomic E-state index is 12.0. The molecule has 7 nitrogen and oxygen atoms in total. The first-order valence-corrected chi connectivity index (χ1v) is 8.78. The number of amides is 2. The maximum Gasteiger partial charge on any atom is 0.313 e. The first-order chi connectivity index (χ1) is 13.1. The Morgan fingerprint density at radius 1 is 1.15 bits per heavy atom. The molecule has 0 fully saturated rings. The number of carbonyl (C=O) groups is 2. The van der Waals surface area contributed by atoms with E-state index in [4.69, 9.17) is 9.68 Å². The number of nitrogens with zero attached hydrogens (tertiary/aromatic N) is 1. The number of rotatable bonds is 5. The molecular weight excluding hydrogens is 366 g/mol. The summed E-state index contributed by atoms with van der Waals surface area (Å²) in [5.41, 5.74) is 0.550. The van der Waals surface area contributed by atoms with Crippen LogP contribution in [0.2, 0.25) is 0 Å². The molecule has 0 aliphatic heterocycles. The zero-order chi connectivity index (χ0) is 19.2. The number of hydrogen-bond donors (Lipinski definition) is 3. The number of nitriles is 1. The normalized spacial score (nSPS) is 11.4. The van der Waals surface area contributed by atoms with Crippen molar-refractivity contribution in [1.29, 1.82) is 5.26 Å². The summed E-state index contributed by atoms with van der Waals surface area (Å²) in [6.45, 7) is 0.141. The van der Waals surface area contributed by atoms with Gasteiger partial charge in [-0.3, -0.25) is 9.59 Å². The van der Waals surface area contributed by atoms with Crippen LogP contribution in [-0.4, -0.2) is 16.9 Å². The number of aliphatic hydroxyl groups excluding tert-OH is 1. The Balaban J connectivity index is 1.56. The predicted octanol–water partition coefficient (Wildman–Crippen LogP) is 2.55. The van der Waals surface area contributed by atoms with Gasteiger partial charge < -0.3 is 20.2 Å². The molecule has 0 aliphatic carbocycles. The van der Waals surface area contributed by atoms with Crippen LogP contribution < -0.4 is 10.6 Å². The number of nitrogens with one attached hydrogen (secondary N) is 2. The van der Waals surface area contributed by atoms with Crippen molar-refractivity contribution in [3.8, 4) is 6.07 Å². The molecule has 3 rings (SSSR count). The quantitative estimate of drug-likeness (QED) is 0.588. The molecule has 0 aliphatic rings. The lowest BCUT2D eigenvalue weighted by Crippen LogP contribution is -2.34. The minimum Gasteiger partial charge on any atom is -0.466 e. The molecule has 3 aromatic rings. The molecule has 2 heterocycles. The Labute approximate surface area is 158 Å². The van der Waals surface area contributed by atoms with Gasteiger partial charge in [0.25, 0.3) is 0 Å². The van der Waals surface area contributed by atoms with Crippen LogP contribution >= 0.6 is 11.3 Å². The van der Waals surface area contributed by atoms with Gasteiger partial charge in [-0.1, -0.05) is 12.1 Å². The summed E-state index contributed by atoms with van der Waals surface area (Å²) in [4.78, 5) is 25.4. The zero-order valence-electron chi connectivity index (χ0n) is 14.0. The fourth-order valence-corrected chi connectivity index (χ4v) is 3.29. The molecule has 0 saturated heterocycles. The Hall–Kier alpha value is -3.41. The second kappa shape index (κ2) is 8.31. The fraction of sp³-hybridized carbons (Fsp3) is 0.105. The van der Waals surface area contributed by atoms with Gasteiger partial charge in [-0.15, -0.1) is 11.3 Å². The summed E-state index contributed by atoms with van der Waals surface area (Å²) in [6.07, 6.45) is 0.608. The van der Waals surface area contributed by atoms with E-state index in [0.717, 1.165) is 4.88 Å². The van der Waals surface area contributed by atoms with E-state index < -0.39 is 17.9 Å². The molecule has 136 valence electrons. The highest BCUT2D eigenvalue weighted by molar-refractivity contribution is 7.12. The first-order valence-electron chi connectivity index (χ1n) is 7.97. The summed E-state index contributed by atoms with van der Waals surface area (Å²) >= 11 is 1.30. The number of para-hydroxylation sites is 1. The van der Waals surface area contributed by atoms with Gasteiger partial charge >= 0.3 is 11.8 Å². The molecule has 2 amide bonds. The fourth-order valence-electron chi connectivity index (χ4n) is 2.34. The summed E-state index contributed by atoms with van der Waals surface area (Å²) in [5, 5.41) is 24.2. The number of furan rings is 1. The van der Waals surface area contributed by atoms with Crippen LogP contribution in [0.25, 0.3) is 0 Å². The van der Waals surface area contributed by atoms with Crippen molar-refractivity contribution in [2.24, 2.45) is 0 Å². The number of carbonyl (C=O) groups excluding carboxylic acids is 2. The van der Waals surface area contributed by atoms with Gasteiger partial charge in [0.15, 0.2) is 0 Å². The van der Waals surface area contributed by atoms with Crippen LogP contribution in [-0.2, 0) is 16.1 Å². The monoisotopic (exact) mass is 381 g/mol. The van der Waals surface area contributed by atoms with Crippen molar-refractivity contribution >= 4 is 28.8 Å². The van der Waals surface area contributed by atoms with Crippen molar-refractivity contribution in [3.63, 3.8) is 0 Å². The van der Waals surface area contributed by atoms with Gasteiger partial charge in [-0.2, -0.15) is 5.26 Å². The first kappa shape index (κ1) is 18.4. The van der Waals surface area contributed by atoms with Crippen molar-refractivity contribution < 1.29 is 19.1 Å². The van der Waals surface area contributed by atoms with E-state index in [1.807, 2.05) is 6.07 Å². The lowest BCUT2D eigenvalue weighted by atomic mass is 10.2. The van der Waals surface area contributed by atoms with E-state index in [1.54, 1.807) is 48.5 Å². The predicted molar refractivity (Wildman–Crippen MR) is 98.7 cm³/mol. The van der Waals surface area contributed by atoms with E-state index >= 15 is 0 Å². The van der Waals surface area contributed by atoms with Crippen LogP contribution in [0.4, 0.5) is 5.69 Å². The average molecular weight is 381 g/mol. The zero-order valence-corrected chi connectivity index (χ0v) is 14.8. The molecule has 27 heavy (non-hydrogen) atoms. The number of thiophene rings is 1. The average Bonchev–Trinajstić information content (AvgIpc) is 3.38. The van der Waals surface area contributed by atoms with Crippen molar-refractivity contribution in [2.75, 3.05) is 5.32 Å². The molecule has 1 aromatic carbocycles. The lowest BCUT2D eigenvalue weighted by molar-refractivity contribution is -0.136.